The van der Waals surface area contributed by atoms with Gasteiger partial charge in [0.15, 0.2) is 0 Å². The summed E-state index contributed by atoms with van der Waals surface area (Å²) in [7, 11) is 5.32. The highest BCUT2D eigenvalue weighted by Crippen LogP contribution is 2.15. The molecule has 2 heterocycles. The second-order valence-corrected chi connectivity index (χ2v) is 5.73. The van der Waals surface area contributed by atoms with Crippen LogP contribution in [0, 0.1) is 0 Å². The largest absolute Gasteiger partial charge is 0.346 e. The fourth-order valence-corrected chi connectivity index (χ4v) is 2.28. The lowest BCUT2D eigenvalue weighted by Crippen LogP contribution is -2.27. The number of nitrogens with zero attached hydrogens (tertiary/aromatic N) is 5. The Labute approximate surface area is 144 Å². The first-order valence-electron chi connectivity index (χ1n) is 7.62. The van der Waals surface area contributed by atoms with Gasteiger partial charge in [-0.1, -0.05) is 6.07 Å². The SMILES string of the molecule is CN(C)c1ncn(-c2cccc(NC(=O)c3cccn(C)c3=O)c2)n1. The van der Waals surface area contributed by atoms with Gasteiger partial charge in [-0.2, -0.15) is 4.98 Å². The number of pyridine rings is 1. The van der Waals surface area contributed by atoms with E-state index in [0.717, 1.165) is 5.69 Å². The van der Waals surface area contributed by atoms with Crippen molar-refractivity contribution < 1.29 is 4.79 Å². The lowest BCUT2D eigenvalue weighted by atomic mass is 10.2. The van der Waals surface area contributed by atoms with Crippen molar-refractivity contribution >= 4 is 17.5 Å². The van der Waals surface area contributed by atoms with Crippen molar-refractivity contribution in [3.05, 3.63) is 64.8 Å². The van der Waals surface area contributed by atoms with Crippen LogP contribution in [0.3, 0.4) is 0 Å². The third kappa shape index (κ3) is 3.42. The molecule has 3 aromatic rings. The number of benzene rings is 1. The molecule has 0 radical (unpaired) electrons. The molecule has 8 heteroatoms. The van der Waals surface area contributed by atoms with Gasteiger partial charge >= 0.3 is 0 Å². The number of amides is 1. The molecule has 1 aromatic carbocycles. The van der Waals surface area contributed by atoms with Crippen LogP contribution in [0.4, 0.5) is 11.6 Å². The average molecular weight is 338 g/mol. The van der Waals surface area contributed by atoms with E-state index in [1.165, 1.54) is 10.6 Å². The van der Waals surface area contributed by atoms with Crippen LogP contribution in [0.15, 0.2) is 53.7 Å². The molecule has 0 aliphatic rings. The normalized spacial score (nSPS) is 10.5. The molecule has 1 N–H and O–H groups in total. The maximum Gasteiger partial charge on any atom is 0.263 e. The maximum absolute atomic E-state index is 12.4. The quantitative estimate of drug-likeness (QED) is 0.775. The third-order valence-corrected chi connectivity index (χ3v) is 3.62. The number of rotatable bonds is 4. The Morgan fingerprint density at radius 3 is 2.72 bits per heavy atom. The standard InChI is InChI=1S/C17H18N6O2/c1-21(2)17-18-11-23(20-17)13-7-4-6-12(10-13)19-15(24)14-8-5-9-22(3)16(14)25/h4-11H,1-3H3,(H,19,24). The molecular weight excluding hydrogens is 320 g/mol. The highest BCUT2D eigenvalue weighted by Gasteiger charge is 2.12. The van der Waals surface area contributed by atoms with E-state index in [9.17, 15) is 9.59 Å². The highest BCUT2D eigenvalue weighted by atomic mass is 16.2. The number of anilines is 2. The van der Waals surface area contributed by atoms with Gasteiger partial charge in [0.2, 0.25) is 5.95 Å². The van der Waals surface area contributed by atoms with Crippen molar-refractivity contribution in [3.63, 3.8) is 0 Å². The van der Waals surface area contributed by atoms with E-state index in [4.69, 9.17) is 0 Å². The lowest BCUT2D eigenvalue weighted by Gasteiger charge is -2.08. The Bertz CT molecular complexity index is 973. The van der Waals surface area contributed by atoms with Crippen LogP contribution in [0.5, 0.6) is 0 Å². The van der Waals surface area contributed by atoms with E-state index in [2.05, 4.69) is 15.4 Å². The fraction of sp³-hybridized carbons (Fsp3) is 0.176. The molecule has 0 bridgehead atoms. The van der Waals surface area contributed by atoms with Crippen LogP contribution in [0.1, 0.15) is 10.4 Å². The minimum absolute atomic E-state index is 0.0889. The molecule has 8 nitrogen and oxygen atoms in total. The van der Waals surface area contributed by atoms with Crippen molar-refractivity contribution in [2.24, 2.45) is 7.05 Å². The first-order chi connectivity index (χ1) is 12.0. The summed E-state index contributed by atoms with van der Waals surface area (Å²) in [5.41, 5.74) is 1.06. The van der Waals surface area contributed by atoms with Crippen LogP contribution in [-0.4, -0.2) is 39.3 Å². The average Bonchev–Trinajstić information content (AvgIpc) is 3.08. The molecule has 0 atom stereocenters. The van der Waals surface area contributed by atoms with E-state index < -0.39 is 5.91 Å². The monoisotopic (exact) mass is 338 g/mol. The van der Waals surface area contributed by atoms with Gasteiger partial charge in [0.1, 0.15) is 11.9 Å². The van der Waals surface area contributed by atoms with E-state index >= 15 is 0 Å². The van der Waals surface area contributed by atoms with Gasteiger partial charge in [-0.05, 0) is 30.3 Å². The summed E-state index contributed by atoms with van der Waals surface area (Å²) in [4.78, 5) is 30.4. The van der Waals surface area contributed by atoms with Crippen LogP contribution in [0.25, 0.3) is 5.69 Å². The zero-order valence-electron chi connectivity index (χ0n) is 14.2. The summed E-state index contributed by atoms with van der Waals surface area (Å²) in [6.07, 6.45) is 3.20. The van der Waals surface area contributed by atoms with Crippen LogP contribution in [0.2, 0.25) is 0 Å². The lowest BCUT2D eigenvalue weighted by molar-refractivity contribution is 0.102. The molecule has 0 spiro atoms. The zero-order chi connectivity index (χ0) is 18.0. The number of nitrogens with one attached hydrogen (secondary N) is 1. The van der Waals surface area contributed by atoms with Crippen molar-refractivity contribution in [2.45, 2.75) is 0 Å². The number of carbonyl (C=O) groups is 1. The summed E-state index contributed by atoms with van der Waals surface area (Å²) in [5.74, 6) is 0.133. The number of hydrogen-bond donors (Lipinski definition) is 1. The number of hydrogen-bond acceptors (Lipinski definition) is 5. The van der Waals surface area contributed by atoms with Gasteiger partial charge in [0.25, 0.3) is 11.5 Å². The summed E-state index contributed by atoms with van der Waals surface area (Å²) < 4.78 is 2.98. The molecular formula is C17H18N6O2. The maximum atomic E-state index is 12.4. The smallest absolute Gasteiger partial charge is 0.263 e. The van der Waals surface area contributed by atoms with Gasteiger partial charge in [-0.3, -0.25) is 9.59 Å². The second kappa shape index (κ2) is 6.60. The van der Waals surface area contributed by atoms with Crippen molar-refractivity contribution in [1.29, 1.82) is 0 Å². The van der Waals surface area contributed by atoms with Crippen LogP contribution in [-0.2, 0) is 7.05 Å². The summed E-state index contributed by atoms with van der Waals surface area (Å²) in [6.45, 7) is 0. The van der Waals surface area contributed by atoms with E-state index in [0.29, 0.717) is 11.6 Å². The van der Waals surface area contributed by atoms with E-state index in [-0.39, 0.29) is 11.1 Å². The molecule has 0 aliphatic carbocycles. The van der Waals surface area contributed by atoms with Gasteiger partial charge < -0.3 is 14.8 Å². The predicted octanol–water partition coefficient (Wildman–Crippen LogP) is 1.28. The number of aryl methyl sites for hydroxylation is 1. The molecule has 25 heavy (non-hydrogen) atoms. The Morgan fingerprint density at radius 2 is 2.00 bits per heavy atom. The predicted molar refractivity (Wildman–Crippen MR) is 95.3 cm³/mol. The van der Waals surface area contributed by atoms with Crippen molar-refractivity contribution in [1.82, 2.24) is 19.3 Å². The summed E-state index contributed by atoms with van der Waals surface area (Å²) >= 11 is 0. The Kier molecular flexibility index (Phi) is 4.34. The molecule has 0 aliphatic heterocycles. The topological polar surface area (TPSA) is 85.0 Å². The first kappa shape index (κ1) is 16.4. The van der Waals surface area contributed by atoms with Gasteiger partial charge in [-0.15, -0.1) is 5.10 Å². The van der Waals surface area contributed by atoms with Gasteiger partial charge in [0, 0.05) is 33.0 Å². The van der Waals surface area contributed by atoms with Crippen molar-refractivity contribution in [3.8, 4) is 5.69 Å². The fourth-order valence-electron chi connectivity index (χ4n) is 2.28. The molecule has 128 valence electrons. The van der Waals surface area contributed by atoms with Crippen LogP contribution >= 0.6 is 0 Å². The molecule has 0 unspecified atom stereocenters. The Balaban J connectivity index is 1.85. The van der Waals surface area contributed by atoms with E-state index in [1.54, 1.807) is 53.4 Å². The summed E-state index contributed by atoms with van der Waals surface area (Å²) in [6, 6.07) is 10.3. The van der Waals surface area contributed by atoms with Crippen molar-refractivity contribution in [2.75, 3.05) is 24.3 Å². The zero-order valence-corrected chi connectivity index (χ0v) is 14.2. The number of aromatic nitrogens is 4. The minimum Gasteiger partial charge on any atom is -0.346 e. The molecule has 0 fully saturated rings. The third-order valence-electron chi connectivity index (χ3n) is 3.62. The highest BCUT2D eigenvalue weighted by molar-refractivity contribution is 6.04. The van der Waals surface area contributed by atoms with Gasteiger partial charge in [0.05, 0.1) is 5.69 Å². The second-order valence-electron chi connectivity index (χ2n) is 5.73. The number of carbonyl (C=O) groups excluding carboxylic acids is 1. The summed E-state index contributed by atoms with van der Waals surface area (Å²) in [5, 5.41) is 7.09. The van der Waals surface area contributed by atoms with Crippen LogP contribution < -0.4 is 15.8 Å². The first-order valence-corrected chi connectivity index (χ1v) is 7.62. The molecule has 1 amide bonds. The molecule has 2 aromatic heterocycles. The molecule has 0 saturated carbocycles. The van der Waals surface area contributed by atoms with Gasteiger partial charge in [-0.25, -0.2) is 4.68 Å². The molecule has 0 saturated heterocycles. The minimum atomic E-state index is -0.453. The Morgan fingerprint density at radius 1 is 1.20 bits per heavy atom. The van der Waals surface area contributed by atoms with E-state index in [1.807, 2.05) is 20.2 Å². The molecule has 3 rings (SSSR count). The Hall–Kier alpha value is -3.42.